The number of likely N-dealkylation sites (tertiary alicyclic amines) is 1. The van der Waals surface area contributed by atoms with E-state index < -0.39 is 0 Å². The first-order valence-corrected chi connectivity index (χ1v) is 8.53. The Morgan fingerprint density at radius 1 is 1.15 bits per heavy atom. The van der Waals surface area contributed by atoms with Crippen molar-refractivity contribution in [1.29, 1.82) is 0 Å². The van der Waals surface area contributed by atoms with Gasteiger partial charge in [-0.15, -0.1) is 0 Å². The molecule has 0 aromatic heterocycles. The summed E-state index contributed by atoms with van der Waals surface area (Å²) in [5.74, 6) is 1.82. The van der Waals surface area contributed by atoms with Crippen molar-refractivity contribution in [2.24, 2.45) is 17.3 Å². The Labute approximate surface area is 125 Å². The average Bonchev–Trinajstić information content (AvgIpc) is 3.10. The van der Waals surface area contributed by atoms with Crippen LogP contribution in [-0.2, 0) is 0 Å². The number of aliphatic hydroxyl groups excluding tert-OH is 1. The maximum absolute atomic E-state index is 8.93. The second-order valence-electron chi connectivity index (χ2n) is 8.26. The minimum absolute atomic E-state index is 0.303. The van der Waals surface area contributed by atoms with E-state index in [1.165, 1.54) is 45.3 Å². The Kier molecular flexibility index (Phi) is 5.88. The van der Waals surface area contributed by atoms with Crippen LogP contribution >= 0.6 is 0 Å². The zero-order valence-corrected chi connectivity index (χ0v) is 13.7. The van der Waals surface area contributed by atoms with Gasteiger partial charge in [-0.05, 0) is 55.9 Å². The Bertz CT molecular complexity index is 283. The fraction of sp³-hybridized carbons (Fsp3) is 1.00. The quantitative estimate of drug-likeness (QED) is 0.704. The van der Waals surface area contributed by atoms with Crippen LogP contribution in [0.1, 0.15) is 52.9 Å². The maximum Gasteiger partial charge on any atom is 0.0443 e. The summed E-state index contributed by atoms with van der Waals surface area (Å²) >= 11 is 0. The van der Waals surface area contributed by atoms with E-state index in [-0.39, 0.29) is 0 Å². The fourth-order valence-corrected chi connectivity index (χ4v) is 3.66. The molecule has 2 atom stereocenters. The molecule has 1 saturated heterocycles. The van der Waals surface area contributed by atoms with Crippen LogP contribution in [0.3, 0.4) is 0 Å². The number of rotatable bonds is 7. The molecule has 0 aromatic carbocycles. The SMILES string of the molecule is CC(C)(C)CC1CC(NCCCO)CN(CC2CC2)C1. The van der Waals surface area contributed by atoms with Crippen molar-refractivity contribution in [2.45, 2.75) is 58.9 Å². The minimum Gasteiger partial charge on any atom is -0.396 e. The lowest BCUT2D eigenvalue weighted by atomic mass is 9.80. The summed E-state index contributed by atoms with van der Waals surface area (Å²) in [6.07, 6.45) is 6.41. The predicted molar refractivity (Wildman–Crippen MR) is 84.8 cm³/mol. The van der Waals surface area contributed by atoms with Crippen LogP contribution in [0.2, 0.25) is 0 Å². The summed E-state index contributed by atoms with van der Waals surface area (Å²) in [6.45, 7) is 12.2. The zero-order valence-electron chi connectivity index (χ0n) is 13.7. The van der Waals surface area contributed by atoms with E-state index >= 15 is 0 Å². The Morgan fingerprint density at radius 3 is 2.50 bits per heavy atom. The Balaban J connectivity index is 1.83. The van der Waals surface area contributed by atoms with Gasteiger partial charge in [0.05, 0.1) is 0 Å². The monoisotopic (exact) mass is 282 g/mol. The molecule has 3 nitrogen and oxygen atoms in total. The molecule has 2 unspecified atom stereocenters. The third kappa shape index (κ3) is 6.11. The van der Waals surface area contributed by atoms with Gasteiger partial charge in [0.15, 0.2) is 0 Å². The molecule has 1 heterocycles. The summed E-state index contributed by atoms with van der Waals surface area (Å²) in [6, 6.07) is 0.626. The van der Waals surface area contributed by atoms with Crippen molar-refractivity contribution >= 4 is 0 Å². The van der Waals surface area contributed by atoms with Crippen molar-refractivity contribution < 1.29 is 5.11 Å². The molecule has 2 N–H and O–H groups in total. The van der Waals surface area contributed by atoms with E-state index in [0.29, 0.717) is 18.1 Å². The van der Waals surface area contributed by atoms with Gasteiger partial charge >= 0.3 is 0 Å². The highest BCUT2D eigenvalue weighted by molar-refractivity contribution is 4.88. The number of nitrogens with zero attached hydrogens (tertiary/aromatic N) is 1. The third-order valence-electron chi connectivity index (χ3n) is 4.50. The molecule has 2 fully saturated rings. The van der Waals surface area contributed by atoms with Crippen LogP contribution < -0.4 is 5.32 Å². The van der Waals surface area contributed by atoms with Gasteiger partial charge in [0.25, 0.3) is 0 Å². The molecule has 0 radical (unpaired) electrons. The van der Waals surface area contributed by atoms with Crippen molar-refractivity contribution in [1.82, 2.24) is 10.2 Å². The first kappa shape index (κ1) is 16.3. The standard InChI is InChI=1S/C17H34N2O/c1-17(2,3)10-15-9-16(18-7-4-8-20)13-19(12-15)11-14-5-6-14/h14-16,18,20H,4-13H2,1-3H3. The van der Waals surface area contributed by atoms with E-state index in [4.69, 9.17) is 5.11 Å². The van der Waals surface area contributed by atoms with Crippen LogP contribution in [0.5, 0.6) is 0 Å². The number of hydrogen-bond acceptors (Lipinski definition) is 3. The van der Waals surface area contributed by atoms with Crippen LogP contribution in [0.25, 0.3) is 0 Å². The van der Waals surface area contributed by atoms with Gasteiger partial charge in [0.2, 0.25) is 0 Å². The molecule has 0 spiro atoms. The lowest BCUT2D eigenvalue weighted by Crippen LogP contribution is -2.50. The molecular formula is C17H34N2O. The highest BCUT2D eigenvalue weighted by Crippen LogP contribution is 2.34. The third-order valence-corrected chi connectivity index (χ3v) is 4.50. The normalized spacial score (nSPS) is 28.8. The summed E-state index contributed by atoms with van der Waals surface area (Å²) in [7, 11) is 0. The van der Waals surface area contributed by atoms with Crippen LogP contribution in [0, 0.1) is 17.3 Å². The topological polar surface area (TPSA) is 35.5 Å². The van der Waals surface area contributed by atoms with Crippen LogP contribution in [0.15, 0.2) is 0 Å². The van der Waals surface area contributed by atoms with E-state index in [1.807, 2.05) is 0 Å². The average molecular weight is 282 g/mol. The first-order chi connectivity index (χ1) is 9.46. The fourth-order valence-electron chi connectivity index (χ4n) is 3.66. The van der Waals surface area contributed by atoms with E-state index in [2.05, 4.69) is 31.0 Å². The number of piperidine rings is 1. The smallest absolute Gasteiger partial charge is 0.0443 e. The highest BCUT2D eigenvalue weighted by atomic mass is 16.3. The van der Waals surface area contributed by atoms with Crippen molar-refractivity contribution in [3.05, 3.63) is 0 Å². The van der Waals surface area contributed by atoms with Crippen LogP contribution in [0.4, 0.5) is 0 Å². The molecule has 0 aromatic rings. The van der Waals surface area contributed by atoms with Gasteiger partial charge in [-0.1, -0.05) is 20.8 Å². The van der Waals surface area contributed by atoms with Crippen LogP contribution in [-0.4, -0.2) is 48.8 Å². The van der Waals surface area contributed by atoms with E-state index in [0.717, 1.165) is 24.8 Å². The summed E-state index contributed by atoms with van der Waals surface area (Å²) < 4.78 is 0. The van der Waals surface area contributed by atoms with E-state index in [9.17, 15) is 0 Å². The number of nitrogens with one attached hydrogen (secondary N) is 1. The molecule has 0 bridgehead atoms. The second kappa shape index (κ2) is 7.24. The number of hydrogen-bond donors (Lipinski definition) is 2. The molecule has 118 valence electrons. The lowest BCUT2D eigenvalue weighted by molar-refractivity contribution is 0.109. The van der Waals surface area contributed by atoms with Gasteiger partial charge < -0.3 is 15.3 Å². The predicted octanol–water partition coefficient (Wildman–Crippen LogP) is 2.50. The molecular weight excluding hydrogens is 248 g/mol. The summed E-state index contributed by atoms with van der Waals surface area (Å²) in [5.41, 5.74) is 0.433. The van der Waals surface area contributed by atoms with Gasteiger partial charge in [-0.3, -0.25) is 0 Å². The molecule has 1 aliphatic carbocycles. The zero-order chi connectivity index (χ0) is 14.6. The molecule has 20 heavy (non-hydrogen) atoms. The summed E-state index contributed by atoms with van der Waals surface area (Å²) in [4.78, 5) is 2.70. The molecule has 3 heteroatoms. The molecule has 2 rings (SSSR count). The first-order valence-electron chi connectivity index (χ1n) is 8.53. The van der Waals surface area contributed by atoms with Crippen molar-refractivity contribution in [3.63, 3.8) is 0 Å². The van der Waals surface area contributed by atoms with Gasteiger partial charge in [-0.2, -0.15) is 0 Å². The Morgan fingerprint density at radius 2 is 1.90 bits per heavy atom. The molecule has 2 aliphatic rings. The largest absolute Gasteiger partial charge is 0.396 e. The molecule has 1 aliphatic heterocycles. The Hall–Kier alpha value is -0.120. The number of aliphatic hydroxyl groups is 1. The highest BCUT2D eigenvalue weighted by Gasteiger charge is 2.32. The maximum atomic E-state index is 8.93. The minimum atomic E-state index is 0.303. The summed E-state index contributed by atoms with van der Waals surface area (Å²) in [5, 5.41) is 12.6. The van der Waals surface area contributed by atoms with E-state index in [1.54, 1.807) is 0 Å². The van der Waals surface area contributed by atoms with Crippen molar-refractivity contribution in [3.8, 4) is 0 Å². The van der Waals surface area contributed by atoms with Gasteiger partial charge in [0.1, 0.15) is 0 Å². The molecule has 0 amide bonds. The van der Waals surface area contributed by atoms with Gasteiger partial charge in [-0.25, -0.2) is 0 Å². The van der Waals surface area contributed by atoms with Gasteiger partial charge in [0, 0.05) is 32.3 Å². The molecule has 1 saturated carbocycles. The lowest BCUT2D eigenvalue weighted by Gasteiger charge is -2.40. The van der Waals surface area contributed by atoms with Crippen molar-refractivity contribution in [2.75, 3.05) is 32.8 Å². The second-order valence-corrected chi connectivity index (χ2v) is 8.26.